The molecule has 0 aromatic heterocycles. The molecule has 0 saturated heterocycles. The molecule has 6 rings (SSSR count). The summed E-state index contributed by atoms with van der Waals surface area (Å²) >= 11 is 6.18. The van der Waals surface area contributed by atoms with E-state index < -0.39 is 11.7 Å². The second-order valence-corrected chi connectivity index (χ2v) is 11.7. The van der Waals surface area contributed by atoms with E-state index in [9.17, 15) is 13.2 Å². The highest BCUT2D eigenvalue weighted by Crippen LogP contribution is 2.66. The highest BCUT2D eigenvalue weighted by atomic mass is 35.5. The maximum Gasteiger partial charge on any atom is 0.416 e. The minimum absolute atomic E-state index is 0.114. The van der Waals surface area contributed by atoms with Gasteiger partial charge in [0.1, 0.15) is 0 Å². The van der Waals surface area contributed by atoms with E-state index in [1.165, 1.54) is 56.2 Å². The number of halogens is 4. The van der Waals surface area contributed by atoms with Crippen molar-refractivity contribution in [2.45, 2.75) is 82.5 Å². The summed E-state index contributed by atoms with van der Waals surface area (Å²) in [6, 6.07) is 14.7. The second kappa shape index (κ2) is 8.30. The van der Waals surface area contributed by atoms with Crippen molar-refractivity contribution in [2.75, 3.05) is 0 Å². The highest BCUT2D eigenvalue weighted by molar-refractivity contribution is 6.30. The third-order valence-electron chi connectivity index (χ3n) is 8.81. The molecule has 33 heavy (non-hydrogen) atoms. The minimum atomic E-state index is -4.30. The summed E-state index contributed by atoms with van der Waals surface area (Å²) in [5.41, 5.74) is 2.11. The summed E-state index contributed by atoms with van der Waals surface area (Å²) in [4.78, 5) is 0. The lowest BCUT2D eigenvalue weighted by Gasteiger charge is -2.64. The quantitative estimate of drug-likeness (QED) is 0.449. The topological polar surface area (TPSA) is 12.0 Å². The van der Waals surface area contributed by atoms with Gasteiger partial charge >= 0.3 is 6.18 Å². The van der Waals surface area contributed by atoms with E-state index in [2.05, 4.69) is 31.3 Å². The van der Waals surface area contributed by atoms with Gasteiger partial charge in [0, 0.05) is 17.1 Å². The van der Waals surface area contributed by atoms with Crippen molar-refractivity contribution >= 4 is 11.6 Å². The number of hydrogen-bond donors (Lipinski definition) is 1. The van der Waals surface area contributed by atoms with Gasteiger partial charge in [-0.3, -0.25) is 0 Å². The third-order valence-corrected chi connectivity index (χ3v) is 9.06. The van der Waals surface area contributed by atoms with Gasteiger partial charge in [-0.2, -0.15) is 13.2 Å². The van der Waals surface area contributed by atoms with Crippen molar-refractivity contribution in [3.63, 3.8) is 0 Å². The van der Waals surface area contributed by atoms with Gasteiger partial charge in [-0.05, 0) is 111 Å². The van der Waals surface area contributed by atoms with Crippen LogP contribution in [0.1, 0.15) is 69.1 Å². The first-order valence-corrected chi connectivity index (χ1v) is 12.6. The van der Waals surface area contributed by atoms with Gasteiger partial charge in [0.2, 0.25) is 0 Å². The molecule has 0 aliphatic heterocycles. The van der Waals surface area contributed by atoms with E-state index in [0.717, 1.165) is 28.5 Å². The first kappa shape index (κ1) is 23.2. The molecule has 4 aliphatic rings. The van der Waals surface area contributed by atoms with E-state index >= 15 is 0 Å². The smallest absolute Gasteiger partial charge is 0.311 e. The SMILES string of the molecule is C[C@H](Cc1cccc(C(F)(F)F)c1)N[C@H](C)C12C[C@@H]3C[C@H](CC(c4ccc(Cl)cc4)(C3)C1)C2. The predicted molar refractivity (Wildman–Crippen MR) is 127 cm³/mol. The predicted octanol–water partition coefficient (Wildman–Crippen LogP) is 7.81. The summed E-state index contributed by atoms with van der Waals surface area (Å²) in [6.45, 7) is 4.41. The molecule has 4 bridgehead atoms. The van der Waals surface area contributed by atoms with E-state index in [-0.39, 0.29) is 16.9 Å². The first-order valence-electron chi connectivity index (χ1n) is 12.3. The van der Waals surface area contributed by atoms with Gasteiger partial charge in [-0.15, -0.1) is 0 Å². The van der Waals surface area contributed by atoms with E-state index in [0.29, 0.717) is 12.5 Å². The van der Waals surface area contributed by atoms with Crippen LogP contribution >= 0.6 is 11.6 Å². The Balaban J connectivity index is 1.32. The molecule has 0 unspecified atom stereocenters. The van der Waals surface area contributed by atoms with Gasteiger partial charge in [0.05, 0.1) is 5.56 Å². The summed E-state index contributed by atoms with van der Waals surface area (Å²) in [7, 11) is 0. The summed E-state index contributed by atoms with van der Waals surface area (Å²) in [6.07, 6.45) is 3.93. The Labute approximate surface area is 200 Å². The van der Waals surface area contributed by atoms with Crippen LogP contribution in [0.5, 0.6) is 0 Å². The molecule has 0 amide bonds. The van der Waals surface area contributed by atoms with Crippen LogP contribution in [0.25, 0.3) is 0 Å². The maximum absolute atomic E-state index is 13.1. The lowest BCUT2D eigenvalue weighted by Crippen LogP contribution is -2.60. The van der Waals surface area contributed by atoms with Crippen molar-refractivity contribution in [3.05, 3.63) is 70.2 Å². The number of rotatable bonds is 6. The molecule has 0 heterocycles. The molecule has 2 aromatic carbocycles. The average molecular weight is 476 g/mol. The fourth-order valence-corrected chi connectivity index (χ4v) is 8.00. The van der Waals surface area contributed by atoms with Gasteiger partial charge in [0.15, 0.2) is 0 Å². The number of nitrogens with one attached hydrogen (secondary N) is 1. The second-order valence-electron chi connectivity index (χ2n) is 11.3. The molecule has 2 aromatic rings. The molecule has 1 N–H and O–H groups in total. The molecular weight excluding hydrogens is 443 g/mol. The minimum Gasteiger partial charge on any atom is -0.311 e. The third kappa shape index (κ3) is 4.46. The molecule has 178 valence electrons. The highest BCUT2D eigenvalue weighted by Gasteiger charge is 2.59. The van der Waals surface area contributed by atoms with E-state index in [1.807, 2.05) is 12.1 Å². The number of benzene rings is 2. The van der Waals surface area contributed by atoms with E-state index in [4.69, 9.17) is 11.6 Å². The van der Waals surface area contributed by atoms with Crippen molar-refractivity contribution in [3.8, 4) is 0 Å². The normalized spacial score (nSPS) is 32.7. The average Bonchev–Trinajstić information content (AvgIpc) is 2.72. The Bertz CT molecular complexity index is 985. The van der Waals surface area contributed by atoms with Gasteiger partial charge in [0.25, 0.3) is 0 Å². The van der Waals surface area contributed by atoms with Crippen LogP contribution in [0.4, 0.5) is 13.2 Å². The standard InChI is InChI=1S/C28H33ClF3N/c1-18(10-20-4-3-5-24(12-20)28(30,31)32)33-19(2)26-13-21-11-22(14-26)16-27(15-21,17-26)23-6-8-25(29)9-7-23/h3-9,12,18-19,21-22,33H,10-11,13-17H2,1-2H3/t18-,19-,21+,22+,26?,27?/m1/s1. The zero-order valence-electron chi connectivity index (χ0n) is 19.4. The summed E-state index contributed by atoms with van der Waals surface area (Å²) < 4.78 is 39.3. The van der Waals surface area contributed by atoms with E-state index in [1.54, 1.807) is 6.07 Å². The zero-order valence-corrected chi connectivity index (χ0v) is 20.1. The Morgan fingerprint density at radius 2 is 1.67 bits per heavy atom. The van der Waals surface area contributed by atoms with Crippen LogP contribution < -0.4 is 5.32 Å². The molecule has 5 heteroatoms. The van der Waals surface area contributed by atoms with Crippen molar-refractivity contribution < 1.29 is 13.2 Å². The molecule has 4 fully saturated rings. The van der Waals surface area contributed by atoms with Gasteiger partial charge in [-0.25, -0.2) is 0 Å². The monoisotopic (exact) mass is 475 g/mol. The Kier molecular flexibility index (Phi) is 5.85. The summed E-state index contributed by atoms with van der Waals surface area (Å²) in [5, 5.41) is 4.61. The number of alkyl halides is 3. The molecule has 4 saturated carbocycles. The fraction of sp³-hybridized carbons (Fsp3) is 0.571. The van der Waals surface area contributed by atoms with Crippen LogP contribution in [0.3, 0.4) is 0 Å². The molecule has 0 spiro atoms. The van der Waals surface area contributed by atoms with Crippen molar-refractivity contribution in [1.82, 2.24) is 5.32 Å². The molecule has 1 nitrogen and oxygen atoms in total. The lowest BCUT2D eigenvalue weighted by atomic mass is 9.41. The number of hydrogen-bond acceptors (Lipinski definition) is 1. The summed E-state index contributed by atoms with van der Waals surface area (Å²) in [5.74, 6) is 1.54. The molecule has 4 atom stereocenters. The first-order chi connectivity index (χ1) is 15.6. The van der Waals surface area contributed by atoms with Crippen molar-refractivity contribution in [2.24, 2.45) is 17.3 Å². The van der Waals surface area contributed by atoms with Gasteiger partial charge in [-0.1, -0.05) is 41.9 Å². The lowest BCUT2D eigenvalue weighted by molar-refractivity contribution is -0.137. The zero-order chi connectivity index (χ0) is 23.4. The van der Waals surface area contributed by atoms with Crippen LogP contribution in [-0.2, 0) is 18.0 Å². The molecule has 4 aliphatic carbocycles. The van der Waals surface area contributed by atoms with Crippen molar-refractivity contribution in [1.29, 1.82) is 0 Å². The van der Waals surface area contributed by atoms with Crippen LogP contribution in [-0.4, -0.2) is 12.1 Å². The maximum atomic E-state index is 13.1. The van der Waals surface area contributed by atoms with Crippen LogP contribution in [0.2, 0.25) is 5.02 Å². The Hall–Kier alpha value is -1.52. The molecular formula is C28H33ClF3N. The molecule has 0 radical (unpaired) electrons. The largest absolute Gasteiger partial charge is 0.416 e. The van der Waals surface area contributed by atoms with Crippen LogP contribution in [0, 0.1) is 17.3 Å². The Morgan fingerprint density at radius 3 is 2.30 bits per heavy atom. The van der Waals surface area contributed by atoms with Crippen LogP contribution in [0.15, 0.2) is 48.5 Å². The van der Waals surface area contributed by atoms with Gasteiger partial charge < -0.3 is 5.32 Å². The fourth-order valence-electron chi connectivity index (χ4n) is 7.87. The Morgan fingerprint density at radius 1 is 1.00 bits per heavy atom.